The molecule has 0 aromatic rings. The number of halogens is 2. The highest BCUT2D eigenvalue weighted by atomic mass is 19.3. The smallest absolute Gasteiger partial charge is 0.257 e. The number of hydrogen-bond acceptors (Lipinski definition) is 2. The zero-order chi connectivity index (χ0) is 10.5. The molecule has 0 atom stereocenters. The molecule has 13 heavy (non-hydrogen) atoms. The van der Waals surface area contributed by atoms with Crippen molar-refractivity contribution in [2.75, 3.05) is 26.7 Å². The Morgan fingerprint density at radius 3 is 2.31 bits per heavy atom. The number of nitrogens with zero attached hydrogens (tertiary/aromatic N) is 1. The highest BCUT2D eigenvalue weighted by Gasteiger charge is 2.22. The first-order valence-electron chi connectivity index (χ1n) is 4.49. The second-order valence-electron chi connectivity index (χ2n) is 3.73. The van der Waals surface area contributed by atoms with Crippen LogP contribution in [-0.4, -0.2) is 43.7 Å². The standard InChI is InChI=1S/C9H19F2NO/c1-8(2)13-6-5-12(4)7-9(3,10)11/h8H,5-7H2,1-4H3. The average molecular weight is 195 g/mol. The molecule has 0 N–H and O–H groups in total. The molecule has 0 aromatic carbocycles. The van der Waals surface area contributed by atoms with Gasteiger partial charge in [-0.05, 0) is 20.9 Å². The molecular formula is C9H19F2NO. The van der Waals surface area contributed by atoms with Crippen molar-refractivity contribution in [3.05, 3.63) is 0 Å². The Balaban J connectivity index is 3.46. The Kier molecular flexibility index (Phi) is 5.40. The van der Waals surface area contributed by atoms with Gasteiger partial charge in [0.15, 0.2) is 0 Å². The lowest BCUT2D eigenvalue weighted by molar-refractivity contribution is -0.0173. The van der Waals surface area contributed by atoms with Crippen LogP contribution in [0, 0.1) is 0 Å². The van der Waals surface area contributed by atoms with Crippen LogP contribution in [-0.2, 0) is 4.74 Å². The van der Waals surface area contributed by atoms with Crippen LogP contribution in [0.15, 0.2) is 0 Å². The van der Waals surface area contributed by atoms with E-state index in [-0.39, 0.29) is 12.6 Å². The summed E-state index contributed by atoms with van der Waals surface area (Å²) in [6, 6.07) is 0. The highest BCUT2D eigenvalue weighted by molar-refractivity contribution is 4.63. The van der Waals surface area contributed by atoms with Crippen molar-refractivity contribution in [1.82, 2.24) is 4.90 Å². The van der Waals surface area contributed by atoms with Crippen molar-refractivity contribution in [2.24, 2.45) is 0 Å². The van der Waals surface area contributed by atoms with E-state index in [2.05, 4.69) is 0 Å². The lowest BCUT2D eigenvalue weighted by Crippen LogP contribution is -2.34. The summed E-state index contributed by atoms with van der Waals surface area (Å²) in [4.78, 5) is 1.57. The van der Waals surface area contributed by atoms with E-state index in [9.17, 15) is 8.78 Å². The largest absolute Gasteiger partial charge is 0.377 e. The molecule has 0 fully saturated rings. The average Bonchev–Trinajstić information content (AvgIpc) is 1.81. The first-order chi connectivity index (χ1) is 5.81. The van der Waals surface area contributed by atoms with Gasteiger partial charge in [0, 0.05) is 13.5 Å². The van der Waals surface area contributed by atoms with Crippen molar-refractivity contribution in [3.8, 4) is 0 Å². The highest BCUT2D eigenvalue weighted by Crippen LogP contribution is 2.12. The second kappa shape index (κ2) is 5.50. The first-order valence-corrected chi connectivity index (χ1v) is 4.49. The van der Waals surface area contributed by atoms with E-state index in [4.69, 9.17) is 4.74 Å². The van der Waals surface area contributed by atoms with Crippen LogP contribution in [0.4, 0.5) is 8.78 Å². The van der Waals surface area contributed by atoms with Gasteiger partial charge in [-0.15, -0.1) is 0 Å². The Hall–Kier alpha value is -0.220. The summed E-state index contributed by atoms with van der Waals surface area (Å²) in [5.41, 5.74) is 0. The topological polar surface area (TPSA) is 12.5 Å². The molecule has 80 valence electrons. The minimum Gasteiger partial charge on any atom is -0.377 e. The van der Waals surface area contributed by atoms with Crippen LogP contribution in [0.5, 0.6) is 0 Å². The van der Waals surface area contributed by atoms with Crippen LogP contribution in [0.25, 0.3) is 0 Å². The van der Waals surface area contributed by atoms with E-state index in [1.54, 1.807) is 11.9 Å². The van der Waals surface area contributed by atoms with Crippen molar-refractivity contribution in [3.63, 3.8) is 0 Å². The van der Waals surface area contributed by atoms with Crippen LogP contribution in [0.3, 0.4) is 0 Å². The molecule has 0 saturated heterocycles. The molecule has 0 aliphatic heterocycles. The van der Waals surface area contributed by atoms with Gasteiger partial charge in [0.25, 0.3) is 5.92 Å². The summed E-state index contributed by atoms with van der Waals surface area (Å²) in [7, 11) is 1.67. The number of hydrogen-bond donors (Lipinski definition) is 0. The number of likely N-dealkylation sites (N-methyl/N-ethyl adjacent to an activating group) is 1. The zero-order valence-corrected chi connectivity index (χ0v) is 8.81. The third-order valence-corrected chi connectivity index (χ3v) is 1.47. The summed E-state index contributed by atoms with van der Waals surface area (Å²) in [5, 5.41) is 0. The molecule has 0 amide bonds. The summed E-state index contributed by atoms with van der Waals surface area (Å²) in [6.07, 6.45) is 0.163. The molecule has 0 rings (SSSR count). The van der Waals surface area contributed by atoms with Gasteiger partial charge in [-0.1, -0.05) is 0 Å². The maximum Gasteiger partial charge on any atom is 0.257 e. The van der Waals surface area contributed by atoms with Gasteiger partial charge in [-0.3, -0.25) is 4.90 Å². The molecule has 0 heterocycles. The quantitative estimate of drug-likeness (QED) is 0.642. The predicted molar refractivity (Wildman–Crippen MR) is 49.2 cm³/mol. The minimum atomic E-state index is -2.62. The van der Waals surface area contributed by atoms with Crippen molar-refractivity contribution >= 4 is 0 Å². The molecular weight excluding hydrogens is 176 g/mol. The lowest BCUT2D eigenvalue weighted by Gasteiger charge is -2.21. The monoisotopic (exact) mass is 195 g/mol. The van der Waals surface area contributed by atoms with Gasteiger partial charge in [0.1, 0.15) is 0 Å². The molecule has 0 radical (unpaired) electrons. The van der Waals surface area contributed by atoms with E-state index in [1.807, 2.05) is 13.8 Å². The summed E-state index contributed by atoms with van der Waals surface area (Å²) >= 11 is 0. The molecule has 4 heteroatoms. The van der Waals surface area contributed by atoms with Crippen LogP contribution in [0.2, 0.25) is 0 Å². The maximum atomic E-state index is 12.5. The van der Waals surface area contributed by atoms with Crippen molar-refractivity contribution in [2.45, 2.75) is 32.8 Å². The van der Waals surface area contributed by atoms with Crippen LogP contribution in [0.1, 0.15) is 20.8 Å². The maximum absolute atomic E-state index is 12.5. The van der Waals surface area contributed by atoms with Gasteiger partial charge in [-0.2, -0.15) is 0 Å². The van der Waals surface area contributed by atoms with Crippen LogP contribution >= 0.6 is 0 Å². The Morgan fingerprint density at radius 1 is 1.38 bits per heavy atom. The molecule has 0 unspecified atom stereocenters. The second-order valence-corrected chi connectivity index (χ2v) is 3.73. The fourth-order valence-corrected chi connectivity index (χ4v) is 0.997. The van der Waals surface area contributed by atoms with Gasteiger partial charge < -0.3 is 4.74 Å². The Bertz CT molecular complexity index is 134. The zero-order valence-electron chi connectivity index (χ0n) is 8.81. The van der Waals surface area contributed by atoms with Crippen molar-refractivity contribution < 1.29 is 13.5 Å². The van der Waals surface area contributed by atoms with E-state index in [1.165, 1.54) is 0 Å². The Labute approximate surface area is 78.9 Å². The summed E-state index contributed by atoms with van der Waals surface area (Å²) < 4.78 is 30.2. The fraction of sp³-hybridized carbons (Fsp3) is 1.00. The fourth-order valence-electron chi connectivity index (χ4n) is 0.997. The van der Waals surface area contributed by atoms with E-state index in [0.29, 0.717) is 13.2 Å². The number of rotatable bonds is 6. The summed E-state index contributed by atoms with van der Waals surface area (Å²) in [5.74, 6) is -2.62. The van der Waals surface area contributed by atoms with Crippen molar-refractivity contribution in [1.29, 1.82) is 0 Å². The molecule has 0 aliphatic rings. The third kappa shape index (κ3) is 9.70. The van der Waals surface area contributed by atoms with E-state index in [0.717, 1.165) is 6.92 Å². The van der Waals surface area contributed by atoms with E-state index >= 15 is 0 Å². The van der Waals surface area contributed by atoms with Gasteiger partial charge in [0.05, 0.1) is 19.3 Å². The SMILES string of the molecule is CC(C)OCCN(C)CC(C)(F)F. The molecule has 0 saturated carbocycles. The van der Waals surface area contributed by atoms with Gasteiger partial charge >= 0.3 is 0 Å². The first kappa shape index (κ1) is 12.8. The molecule has 0 spiro atoms. The molecule has 0 aliphatic carbocycles. The van der Waals surface area contributed by atoms with Gasteiger partial charge in [0.2, 0.25) is 0 Å². The molecule has 0 bridgehead atoms. The number of ether oxygens (including phenoxy) is 1. The Morgan fingerprint density at radius 2 is 1.92 bits per heavy atom. The van der Waals surface area contributed by atoms with Crippen LogP contribution < -0.4 is 0 Å². The normalized spacial score (nSPS) is 12.9. The minimum absolute atomic E-state index is 0.163. The van der Waals surface area contributed by atoms with E-state index < -0.39 is 5.92 Å². The van der Waals surface area contributed by atoms with Gasteiger partial charge in [-0.25, -0.2) is 8.78 Å². The predicted octanol–water partition coefficient (Wildman–Crippen LogP) is 2.00. The third-order valence-electron chi connectivity index (χ3n) is 1.47. The summed E-state index contributed by atoms with van der Waals surface area (Å²) in [6.45, 7) is 5.61. The molecule has 0 aromatic heterocycles. The number of alkyl halides is 2. The molecule has 2 nitrogen and oxygen atoms in total. The lowest BCUT2D eigenvalue weighted by atomic mass is 10.3.